The third kappa shape index (κ3) is 9.03. The van der Waals surface area contributed by atoms with Crippen LogP contribution in [0.2, 0.25) is 11.4 Å². The summed E-state index contributed by atoms with van der Waals surface area (Å²) in [6.45, 7) is 11.6. The third-order valence-corrected chi connectivity index (χ3v) is 18.9. The number of aliphatic hydroxyl groups excluding tert-OH is 1. The molecule has 1 aliphatic carbocycles. The van der Waals surface area contributed by atoms with E-state index >= 15 is 0 Å². The van der Waals surface area contributed by atoms with Crippen molar-refractivity contribution >= 4 is 43.7 Å². The van der Waals surface area contributed by atoms with Gasteiger partial charge in [-0.25, -0.2) is 0 Å². The summed E-state index contributed by atoms with van der Waals surface area (Å²) in [7, 11) is -4.05. The molecular weight excluding hydrogens is 791 g/mol. The van der Waals surface area contributed by atoms with Crippen LogP contribution in [0.1, 0.15) is 89.7 Å². The van der Waals surface area contributed by atoms with Crippen LogP contribution in [-0.4, -0.2) is 79.0 Å². The lowest BCUT2D eigenvalue weighted by Gasteiger charge is -2.46. The number of carbonyl (C=O) groups excluding carboxylic acids is 2. The molecule has 0 saturated carbocycles. The maximum atomic E-state index is 14.9. The molecule has 4 atom stereocenters. The predicted molar refractivity (Wildman–Crippen MR) is 247 cm³/mol. The molecule has 3 aromatic carbocycles. The summed E-state index contributed by atoms with van der Waals surface area (Å²) in [5.74, 6) is -0.372. The van der Waals surface area contributed by atoms with E-state index in [9.17, 15) is 19.7 Å². The highest BCUT2D eigenvalue weighted by atomic mass is 28.4. The van der Waals surface area contributed by atoms with Crippen LogP contribution in [-0.2, 0) is 31.8 Å². The molecule has 326 valence electrons. The van der Waals surface area contributed by atoms with E-state index in [4.69, 9.17) is 13.5 Å². The van der Waals surface area contributed by atoms with Crippen LogP contribution in [0.5, 0.6) is 0 Å². The molecule has 3 aliphatic heterocycles. The number of rotatable bonds is 15. The van der Waals surface area contributed by atoms with E-state index in [1.54, 1.807) is 11.0 Å². The van der Waals surface area contributed by atoms with Crippen molar-refractivity contribution in [2.24, 2.45) is 17.8 Å². The van der Waals surface area contributed by atoms with Gasteiger partial charge >= 0.3 is 7.12 Å². The molecule has 0 bridgehead atoms. The number of imide groups is 1. The standard InChI is InChI=1S/C51H63BN2O7Si/c1-5-15-36(30-40-23-24-41(34-55)60-40)22-25-46-47-38(35-59-62(51(2,3)4,42-18-11-7-12-19-42)43-20-13-8-14-21-43)31-44-48(45(47)32-52(58)61-46)50(57)54(49(44)56)39-26-28-53(29-27-39)33-37-16-9-6-10-17-37/h6-14,16-21,23-24,30,39,44-46,48,55,58H,5,15,22,25-29,31-35H2,1-4H3/b36-30+/t44-,45+,46-,48-/m1/s1. The van der Waals surface area contributed by atoms with Crippen LogP contribution < -0.4 is 10.4 Å². The van der Waals surface area contributed by atoms with Gasteiger partial charge in [-0.15, -0.1) is 0 Å². The Kier molecular flexibility index (Phi) is 13.7. The first-order valence-corrected chi connectivity index (χ1v) is 24.7. The zero-order valence-electron chi connectivity index (χ0n) is 36.9. The smallest absolute Gasteiger partial charge is 0.455 e. The fourth-order valence-electron chi connectivity index (χ4n) is 11.1. The Hall–Kier alpha value is -4.36. The number of piperidine rings is 1. The molecule has 4 aliphatic rings. The zero-order chi connectivity index (χ0) is 43.4. The minimum Gasteiger partial charge on any atom is -0.459 e. The van der Waals surface area contributed by atoms with E-state index in [0.717, 1.165) is 56.5 Å². The maximum Gasteiger partial charge on any atom is 0.455 e. The lowest BCUT2D eigenvalue weighted by atomic mass is 9.58. The molecule has 62 heavy (non-hydrogen) atoms. The van der Waals surface area contributed by atoms with Gasteiger partial charge in [-0.2, -0.15) is 0 Å². The minimum absolute atomic E-state index is 0.0742. The summed E-state index contributed by atoms with van der Waals surface area (Å²) in [6, 6.07) is 35.2. The van der Waals surface area contributed by atoms with Gasteiger partial charge in [0.2, 0.25) is 11.8 Å². The second kappa shape index (κ2) is 19.2. The van der Waals surface area contributed by atoms with Gasteiger partial charge in [0.15, 0.2) is 0 Å². The summed E-state index contributed by atoms with van der Waals surface area (Å²) in [5.41, 5.74) is 4.51. The molecule has 4 aromatic rings. The third-order valence-electron chi connectivity index (χ3n) is 13.9. The van der Waals surface area contributed by atoms with E-state index in [1.807, 2.05) is 24.3 Å². The molecule has 1 aromatic heterocycles. The molecule has 0 spiro atoms. The number of aliphatic hydroxyl groups is 1. The summed E-state index contributed by atoms with van der Waals surface area (Å²) in [6.07, 6.45) is 6.83. The van der Waals surface area contributed by atoms with Crippen LogP contribution in [0.15, 0.2) is 124 Å². The highest BCUT2D eigenvalue weighted by molar-refractivity contribution is 6.99. The molecular formula is C51H63BN2O7Si. The number of allylic oxidation sites excluding steroid dienone is 1. The number of hydrogen-bond acceptors (Lipinski definition) is 8. The van der Waals surface area contributed by atoms with Crippen LogP contribution in [0.4, 0.5) is 0 Å². The molecule has 3 saturated heterocycles. The van der Waals surface area contributed by atoms with Crippen molar-refractivity contribution in [1.29, 1.82) is 0 Å². The van der Waals surface area contributed by atoms with Crippen molar-refractivity contribution < 1.29 is 33.2 Å². The first-order chi connectivity index (χ1) is 30.0. The molecule has 2 amide bonds. The molecule has 8 rings (SSSR count). The van der Waals surface area contributed by atoms with Crippen LogP contribution in [0.3, 0.4) is 0 Å². The van der Waals surface area contributed by atoms with Gasteiger partial charge in [0, 0.05) is 25.7 Å². The first kappa shape index (κ1) is 44.3. The SMILES string of the molecule is CCC/C(=C\c1ccc(CO)o1)CC[C@H]1OB(O)C[C@H]2C1=C(CO[Si](c1ccccc1)(c1ccccc1)C(C)(C)C)C[C@H]1C(=O)N(C3CCN(Cc4ccccc4)CC3)C(=O)[C@H]12. The number of carbonyl (C=O) groups is 2. The molecule has 4 heterocycles. The molecule has 11 heteroatoms. The van der Waals surface area contributed by atoms with Gasteiger partial charge in [-0.05, 0) is 101 Å². The number of likely N-dealkylation sites (tertiary alicyclic amines) is 2. The number of benzene rings is 3. The number of amides is 2. The van der Waals surface area contributed by atoms with Crippen molar-refractivity contribution in [1.82, 2.24) is 9.80 Å². The summed E-state index contributed by atoms with van der Waals surface area (Å²) in [4.78, 5) is 33.7. The quantitative estimate of drug-likeness (QED) is 0.0709. The van der Waals surface area contributed by atoms with Gasteiger partial charge in [0.25, 0.3) is 8.32 Å². The van der Waals surface area contributed by atoms with Crippen LogP contribution in [0.25, 0.3) is 6.08 Å². The van der Waals surface area contributed by atoms with E-state index in [1.165, 1.54) is 21.5 Å². The Morgan fingerprint density at radius 2 is 1.52 bits per heavy atom. The zero-order valence-corrected chi connectivity index (χ0v) is 37.9. The van der Waals surface area contributed by atoms with E-state index in [0.29, 0.717) is 37.4 Å². The molecule has 9 nitrogen and oxygen atoms in total. The summed E-state index contributed by atoms with van der Waals surface area (Å²) >= 11 is 0. The van der Waals surface area contributed by atoms with E-state index < -0.39 is 33.4 Å². The fraction of sp³-hybridized carbons (Fsp3) is 0.451. The molecule has 3 fully saturated rings. The number of fused-ring (bicyclic) bond motifs is 3. The van der Waals surface area contributed by atoms with E-state index in [2.05, 4.69) is 111 Å². The number of furan rings is 1. The second-order valence-electron chi connectivity index (χ2n) is 18.9. The highest BCUT2D eigenvalue weighted by Gasteiger charge is 2.59. The van der Waals surface area contributed by atoms with Crippen molar-refractivity contribution in [2.45, 2.75) is 109 Å². The summed E-state index contributed by atoms with van der Waals surface area (Å²) in [5, 5.41) is 23.2. The molecule has 2 N–H and O–H groups in total. The highest BCUT2D eigenvalue weighted by Crippen LogP contribution is 2.52. The second-order valence-corrected chi connectivity index (χ2v) is 23.2. The monoisotopic (exact) mass is 854 g/mol. The fourth-order valence-corrected chi connectivity index (χ4v) is 15.6. The Bertz CT molecular complexity index is 2170. The lowest BCUT2D eigenvalue weighted by molar-refractivity contribution is -0.144. The minimum atomic E-state index is -2.98. The average molecular weight is 855 g/mol. The van der Waals surface area contributed by atoms with E-state index in [-0.39, 0.29) is 41.7 Å². The molecule has 0 unspecified atom stereocenters. The van der Waals surface area contributed by atoms with Crippen LogP contribution in [0, 0.1) is 17.8 Å². The Morgan fingerprint density at radius 1 is 0.871 bits per heavy atom. The van der Waals surface area contributed by atoms with Crippen molar-refractivity contribution in [2.75, 3.05) is 19.7 Å². The average Bonchev–Trinajstić information content (AvgIpc) is 3.84. The normalized spacial score (nSPS) is 23.0. The first-order valence-electron chi connectivity index (χ1n) is 22.8. The summed E-state index contributed by atoms with van der Waals surface area (Å²) < 4.78 is 20.0. The number of hydrogen-bond donors (Lipinski definition) is 2. The van der Waals surface area contributed by atoms with Crippen LogP contribution >= 0.6 is 0 Å². The maximum absolute atomic E-state index is 14.9. The van der Waals surface area contributed by atoms with Gasteiger partial charge in [-0.1, -0.05) is 131 Å². The topological polar surface area (TPSA) is 113 Å². The lowest BCUT2D eigenvalue weighted by Crippen LogP contribution is -2.66. The Labute approximate surface area is 369 Å². The Morgan fingerprint density at radius 3 is 2.11 bits per heavy atom. The predicted octanol–water partition coefficient (Wildman–Crippen LogP) is 7.77. The van der Waals surface area contributed by atoms with Crippen molar-refractivity contribution in [3.63, 3.8) is 0 Å². The van der Waals surface area contributed by atoms with Crippen molar-refractivity contribution in [3.05, 3.63) is 137 Å². The largest absolute Gasteiger partial charge is 0.459 e. The van der Waals surface area contributed by atoms with Gasteiger partial charge in [0.05, 0.1) is 24.5 Å². The van der Waals surface area contributed by atoms with Gasteiger partial charge in [-0.3, -0.25) is 19.4 Å². The van der Waals surface area contributed by atoms with Crippen molar-refractivity contribution in [3.8, 4) is 0 Å². The molecule has 0 radical (unpaired) electrons. The van der Waals surface area contributed by atoms with Gasteiger partial charge < -0.3 is 23.6 Å². The number of nitrogens with zero attached hydrogens (tertiary/aromatic N) is 2. The Balaban J connectivity index is 1.13. The van der Waals surface area contributed by atoms with Gasteiger partial charge in [0.1, 0.15) is 18.1 Å².